The van der Waals surface area contributed by atoms with Crippen molar-refractivity contribution in [3.63, 3.8) is 0 Å². The first-order chi connectivity index (χ1) is 8.56. The Kier molecular flexibility index (Phi) is 4.02. The van der Waals surface area contributed by atoms with Gasteiger partial charge in [0.1, 0.15) is 6.10 Å². The van der Waals surface area contributed by atoms with Crippen LogP contribution in [0.15, 0.2) is 18.2 Å². The van der Waals surface area contributed by atoms with Crippen LogP contribution in [-0.4, -0.2) is 18.6 Å². The highest BCUT2D eigenvalue weighted by Crippen LogP contribution is 2.29. The minimum atomic E-state index is -0.384. The Balaban J connectivity index is 1.90. The highest BCUT2D eigenvalue weighted by atomic mass is 16.5. The highest BCUT2D eigenvalue weighted by molar-refractivity contribution is 5.94. The lowest BCUT2D eigenvalue weighted by Gasteiger charge is -2.14. The molecule has 0 aliphatic heterocycles. The summed E-state index contributed by atoms with van der Waals surface area (Å²) < 4.78 is 5.56. The number of nitrogens with one attached hydrogen (secondary N) is 1. The zero-order valence-electron chi connectivity index (χ0n) is 11.3. The van der Waals surface area contributed by atoms with Crippen molar-refractivity contribution in [1.29, 1.82) is 0 Å². The smallest absolute Gasteiger partial charge is 0.253 e. The van der Waals surface area contributed by atoms with Gasteiger partial charge < -0.3 is 10.1 Å². The van der Waals surface area contributed by atoms with E-state index in [9.17, 15) is 4.79 Å². The van der Waals surface area contributed by atoms with E-state index in [-0.39, 0.29) is 12.0 Å². The molecule has 1 N–H and O–H groups in total. The zero-order valence-corrected chi connectivity index (χ0v) is 11.3. The molecule has 1 amide bonds. The Morgan fingerprint density at radius 3 is 2.83 bits per heavy atom. The average molecular weight is 247 g/mol. The number of carbonyl (C=O) groups is 1. The van der Waals surface area contributed by atoms with Gasteiger partial charge in [-0.05, 0) is 56.7 Å². The normalized spacial score (nSPS) is 16.4. The second-order valence-electron chi connectivity index (χ2n) is 5.23. The van der Waals surface area contributed by atoms with Gasteiger partial charge in [-0.15, -0.1) is 0 Å². The molecule has 3 nitrogen and oxygen atoms in total. The maximum atomic E-state index is 12.0. The van der Waals surface area contributed by atoms with Gasteiger partial charge in [0.15, 0.2) is 0 Å². The lowest BCUT2D eigenvalue weighted by molar-refractivity contribution is -0.126. The third-order valence-corrected chi connectivity index (χ3v) is 3.30. The summed E-state index contributed by atoms with van der Waals surface area (Å²) >= 11 is 0. The van der Waals surface area contributed by atoms with Gasteiger partial charge in [0.2, 0.25) is 0 Å². The number of anilines is 1. The molecule has 0 aromatic heterocycles. The fourth-order valence-corrected chi connectivity index (χ4v) is 1.75. The van der Waals surface area contributed by atoms with Gasteiger partial charge in [0.05, 0.1) is 6.61 Å². The van der Waals surface area contributed by atoms with E-state index < -0.39 is 0 Å². The summed E-state index contributed by atoms with van der Waals surface area (Å²) in [6.45, 7) is 6.52. The average Bonchev–Trinajstić information content (AvgIpc) is 3.14. The van der Waals surface area contributed by atoms with Crippen LogP contribution in [-0.2, 0) is 9.53 Å². The first-order valence-electron chi connectivity index (χ1n) is 6.56. The monoisotopic (exact) mass is 247 g/mol. The van der Waals surface area contributed by atoms with Gasteiger partial charge in [-0.2, -0.15) is 0 Å². The molecule has 1 saturated carbocycles. The van der Waals surface area contributed by atoms with Crippen molar-refractivity contribution >= 4 is 11.6 Å². The molecule has 1 aliphatic carbocycles. The van der Waals surface area contributed by atoms with E-state index in [0.29, 0.717) is 12.5 Å². The first kappa shape index (κ1) is 13.1. The van der Waals surface area contributed by atoms with Gasteiger partial charge in [-0.3, -0.25) is 4.79 Å². The van der Waals surface area contributed by atoms with Crippen LogP contribution >= 0.6 is 0 Å². The van der Waals surface area contributed by atoms with E-state index in [4.69, 9.17) is 4.74 Å². The largest absolute Gasteiger partial charge is 0.368 e. The molecule has 0 spiro atoms. The molecule has 1 atom stereocenters. The van der Waals surface area contributed by atoms with E-state index in [1.54, 1.807) is 0 Å². The Hall–Kier alpha value is -1.35. The van der Waals surface area contributed by atoms with Crippen molar-refractivity contribution in [2.45, 2.75) is 39.7 Å². The van der Waals surface area contributed by atoms with E-state index in [0.717, 1.165) is 16.8 Å². The quantitative estimate of drug-likeness (QED) is 0.868. The van der Waals surface area contributed by atoms with Gasteiger partial charge in [-0.1, -0.05) is 12.1 Å². The van der Waals surface area contributed by atoms with E-state index in [2.05, 4.69) is 5.32 Å². The summed E-state index contributed by atoms with van der Waals surface area (Å²) in [5, 5.41) is 2.93. The summed E-state index contributed by atoms with van der Waals surface area (Å²) in [7, 11) is 0. The molecule has 3 heteroatoms. The molecular formula is C15H21NO2. The fourth-order valence-electron chi connectivity index (χ4n) is 1.75. The Morgan fingerprint density at radius 2 is 2.17 bits per heavy atom. The molecule has 1 aromatic rings. The number of benzene rings is 1. The molecule has 1 fully saturated rings. The lowest BCUT2D eigenvalue weighted by atomic mass is 10.1. The number of hydrogen-bond donors (Lipinski definition) is 1. The van der Waals surface area contributed by atoms with Gasteiger partial charge in [-0.25, -0.2) is 0 Å². The van der Waals surface area contributed by atoms with Crippen molar-refractivity contribution < 1.29 is 9.53 Å². The lowest BCUT2D eigenvalue weighted by Crippen LogP contribution is -2.28. The summed E-state index contributed by atoms with van der Waals surface area (Å²) in [6.07, 6.45) is 2.10. The second-order valence-corrected chi connectivity index (χ2v) is 5.23. The van der Waals surface area contributed by atoms with Crippen molar-refractivity contribution in [3.8, 4) is 0 Å². The maximum Gasteiger partial charge on any atom is 0.253 e. The van der Waals surface area contributed by atoms with Crippen LogP contribution in [0.25, 0.3) is 0 Å². The topological polar surface area (TPSA) is 38.3 Å². The van der Waals surface area contributed by atoms with Crippen LogP contribution in [0.4, 0.5) is 5.69 Å². The van der Waals surface area contributed by atoms with Crippen LogP contribution in [0.5, 0.6) is 0 Å². The van der Waals surface area contributed by atoms with Crippen molar-refractivity contribution in [3.05, 3.63) is 29.3 Å². The third kappa shape index (κ3) is 3.57. The second kappa shape index (κ2) is 5.53. The number of hydrogen-bond acceptors (Lipinski definition) is 2. The number of aryl methyl sites for hydroxylation is 2. The fraction of sp³-hybridized carbons (Fsp3) is 0.533. The molecule has 1 aromatic carbocycles. The molecule has 98 valence electrons. The predicted molar refractivity (Wildman–Crippen MR) is 72.7 cm³/mol. The van der Waals surface area contributed by atoms with Crippen molar-refractivity contribution in [1.82, 2.24) is 0 Å². The van der Waals surface area contributed by atoms with Crippen molar-refractivity contribution in [2.75, 3.05) is 11.9 Å². The van der Waals surface area contributed by atoms with Crippen LogP contribution in [0.1, 0.15) is 30.9 Å². The number of carbonyl (C=O) groups excluding carboxylic acids is 1. The van der Waals surface area contributed by atoms with E-state index >= 15 is 0 Å². The molecule has 1 unspecified atom stereocenters. The molecule has 0 heterocycles. The molecule has 0 bridgehead atoms. The van der Waals surface area contributed by atoms with E-state index in [1.807, 2.05) is 39.0 Å². The summed E-state index contributed by atoms with van der Waals surface area (Å²) in [5.74, 6) is 0.616. The van der Waals surface area contributed by atoms with Crippen LogP contribution in [0, 0.1) is 19.8 Å². The van der Waals surface area contributed by atoms with Gasteiger partial charge in [0, 0.05) is 5.69 Å². The van der Waals surface area contributed by atoms with Gasteiger partial charge in [0.25, 0.3) is 5.91 Å². The summed E-state index contributed by atoms with van der Waals surface area (Å²) in [4.78, 5) is 12.0. The van der Waals surface area contributed by atoms with Crippen LogP contribution in [0.3, 0.4) is 0 Å². The van der Waals surface area contributed by atoms with Crippen LogP contribution in [0.2, 0.25) is 0 Å². The number of ether oxygens (including phenoxy) is 1. The number of rotatable bonds is 5. The molecule has 1 aliphatic rings. The Bertz CT molecular complexity index is 438. The van der Waals surface area contributed by atoms with Gasteiger partial charge >= 0.3 is 0 Å². The zero-order chi connectivity index (χ0) is 13.1. The minimum Gasteiger partial charge on any atom is -0.368 e. The molecule has 0 saturated heterocycles. The van der Waals surface area contributed by atoms with Crippen molar-refractivity contribution in [2.24, 2.45) is 5.92 Å². The molecule has 18 heavy (non-hydrogen) atoms. The predicted octanol–water partition coefficient (Wildman–Crippen LogP) is 3.06. The SMILES string of the molecule is Cc1ccc(C)c(NC(=O)C(C)OCC2CC2)c1. The summed E-state index contributed by atoms with van der Waals surface area (Å²) in [5.41, 5.74) is 3.09. The highest BCUT2D eigenvalue weighted by Gasteiger charge is 2.24. The third-order valence-electron chi connectivity index (χ3n) is 3.30. The van der Waals surface area contributed by atoms with E-state index in [1.165, 1.54) is 12.8 Å². The maximum absolute atomic E-state index is 12.0. The molecule has 0 radical (unpaired) electrons. The molecular weight excluding hydrogens is 226 g/mol. The minimum absolute atomic E-state index is 0.0654. The Morgan fingerprint density at radius 1 is 1.44 bits per heavy atom. The molecule has 2 rings (SSSR count). The van der Waals surface area contributed by atoms with Crippen LogP contribution < -0.4 is 5.32 Å². The standard InChI is InChI=1S/C15H21NO2/c1-10-4-5-11(2)14(8-10)16-15(17)12(3)18-9-13-6-7-13/h4-5,8,12-13H,6-7,9H2,1-3H3,(H,16,17). The summed E-state index contributed by atoms with van der Waals surface area (Å²) in [6, 6.07) is 6.04. The first-order valence-corrected chi connectivity index (χ1v) is 6.56. The Labute approximate surface area is 109 Å². The number of amides is 1.